The van der Waals surface area contributed by atoms with Gasteiger partial charge in [0.25, 0.3) is 0 Å². The number of aliphatic carboxylic acids is 1. The van der Waals surface area contributed by atoms with E-state index in [2.05, 4.69) is 80.1 Å². The van der Waals surface area contributed by atoms with Crippen molar-refractivity contribution in [3.8, 4) is 11.5 Å². The molecule has 1 aliphatic heterocycles. The van der Waals surface area contributed by atoms with Gasteiger partial charge in [0, 0.05) is 33.5 Å². The van der Waals surface area contributed by atoms with Gasteiger partial charge in [-0.15, -0.1) is 0 Å². The number of nitrogens with one attached hydrogen (secondary N) is 1. The van der Waals surface area contributed by atoms with Crippen LogP contribution in [0.4, 0.5) is 5.69 Å². The summed E-state index contributed by atoms with van der Waals surface area (Å²) in [5.74, 6) is -0.231. The summed E-state index contributed by atoms with van der Waals surface area (Å²) in [5.41, 5.74) is 5.95. The Morgan fingerprint density at radius 3 is 2.39 bits per heavy atom. The topological polar surface area (TPSA) is 89.8 Å². The summed E-state index contributed by atoms with van der Waals surface area (Å²) < 4.78 is 1.05. The van der Waals surface area contributed by atoms with Crippen molar-refractivity contribution in [3.63, 3.8) is 0 Å². The molecule has 2 aromatic carbocycles. The molecule has 5 aliphatic rings. The smallest absolute Gasteiger partial charge is 0.309 e. The average Bonchev–Trinajstić information content (AvgIpc) is 3.29. The zero-order chi connectivity index (χ0) is 31.8. The number of anilines is 1. The highest BCUT2D eigenvalue weighted by molar-refractivity contribution is 9.10. The van der Waals surface area contributed by atoms with Crippen LogP contribution >= 0.6 is 15.9 Å². The minimum atomic E-state index is -0.690. The number of rotatable bonds is 2. The molecule has 236 valence electrons. The fraction of sp³-hybridized carbons (Fsp3) is 0.605. The second-order valence-corrected chi connectivity index (χ2v) is 17.4. The highest BCUT2D eigenvalue weighted by atomic mass is 79.9. The summed E-state index contributed by atoms with van der Waals surface area (Å²) in [7, 11) is 0. The predicted molar refractivity (Wildman–Crippen MR) is 179 cm³/mol. The van der Waals surface area contributed by atoms with Gasteiger partial charge >= 0.3 is 5.97 Å². The van der Waals surface area contributed by atoms with Crippen LogP contribution in [0.3, 0.4) is 0 Å². The first-order valence-corrected chi connectivity index (χ1v) is 17.4. The first kappa shape index (κ1) is 30.2. The summed E-state index contributed by atoms with van der Waals surface area (Å²) in [4.78, 5) is 12.6. The molecule has 3 unspecified atom stereocenters. The first-order valence-electron chi connectivity index (χ1n) is 16.6. The molecule has 0 radical (unpaired) electrons. The van der Waals surface area contributed by atoms with Gasteiger partial charge in [0.15, 0.2) is 11.5 Å². The third kappa shape index (κ3) is 3.72. The second-order valence-electron chi connectivity index (χ2n) is 16.5. The second kappa shape index (κ2) is 9.30. The van der Waals surface area contributed by atoms with Crippen molar-refractivity contribution in [3.05, 3.63) is 62.6 Å². The molecule has 7 rings (SSSR count). The van der Waals surface area contributed by atoms with Gasteiger partial charge in [-0.2, -0.15) is 0 Å². The van der Waals surface area contributed by atoms with Crippen molar-refractivity contribution in [1.82, 2.24) is 0 Å². The number of aromatic hydroxyl groups is 2. The van der Waals surface area contributed by atoms with E-state index in [1.165, 1.54) is 11.1 Å². The molecule has 0 spiro atoms. The number of hydrogen-bond acceptors (Lipinski definition) is 4. The molecule has 6 heteroatoms. The molecule has 2 aromatic rings. The maximum absolute atomic E-state index is 12.6. The number of fused-ring (bicyclic) bond motifs is 8. The molecule has 5 nitrogen and oxygen atoms in total. The van der Waals surface area contributed by atoms with Crippen LogP contribution in [-0.2, 0) is 10.2 Å². The number of carbonyl (C=O) groups is 1. The molecule has 0 bridgehead atoms. The van der Waals surface area contributed by atoms with Crippen LogP contribution in [0.25, 0.3) is 0 Å². The molecule has 9 atom stereocenters. The van der Waals surface area contributed by atoms with E-state index in [9.17, 15) is 20.1 Å². The van der Waals surface area contributed by atoms with Crippen LogP contribution in [0.15, 0.2) is 40.4 Å². The van der Waals surface area contributed by atoms with E-state index in [1.807, 2.05) is 19.9 Å². The molecule has 3 fully saturated rings. The Kier molecular flexibility index (Phi) is 6.38. The summed E-state index contributed by atoms with van der Waals surface area (Å²) in [6, 6.07) is 8.53. The van der Waals surface area contributed by atoms with Crippen LogP contribution in [-0.4, -0.2) is 27.3 Å². The van der Waals surface area contributed by atoms with Crippen LogP contribution in [0, 0.1) is 34.5 Å². The van der Waals surface area contributed by atoms with Gasteiger partial charge in [-0.1, -0.05) is 55.3 Å². The number of phenols is 2. The lowest BCUT2D eigenvalue weighted by Gasteiger charge is -2.70. The van der Waals surface area contributed by atoms with E-state index in [1.54, 1.807) is 0 Å². The van der Waals surface area contributed by atoms with Crippen molar-refractivity contribution >= 4 is 27.6 Å². The predicted octanol–water partition coefficient (Wildman–Crippen LogP) is 9.55. The molecule has 0 aromatic heterocycles. The Hall–Kier alpha value is -2.47. The zero-order valence-electron chi connectivity index (χ0n) is 27.3. The SMILES string of the molecule is Cc1c(O)c(O)cc2c1C(C1c3cc(Br)ccc3NC1C)C=C1[C@@]2(C)CC[C@@]2(C)[C@@H]3C[C@](C)(C(=O)O)CC[C@]3(C)CC[C@]12C. The maximum atomic E-state index is 12.6. The summed E-state index contributed by atoms with van der Waals surface area (Å²) in [5, 5.41) is 36.2. The van der Waals surface area contributed by atoms with Crippen LogP contribution in [0.2, 0.25) is 0 Å². The lowest BCUT2D eigenvalue weighted by molar-refractivity contribution is -0.177. The van der Waals surface area contributed by atoms with Gasteiger partial charge < -0.3 is 20.6 Å². The minimum absolute atomic E-state index is 0.0146. The maximum Gasteiger partial charge on any atom is 0.309 e. The third-order valence-electron chi connectivity index (χ3n) is 14.3. The Labute approximate surface area is 270 Å². The van der Waals surface area contributed by atoms with Gasteiger partial charge in [0.1, 0.15) is 0 Å². The largest absolute Gasteiger partial charge is 0.504 e. The van der Waals surface area contributed by atoms with Gasteiger partial charge in [-0.25, -0.2) is 0 Å². The summed E-state index contributed by atoms with van der Waals surface area (Å²) in [6.07, 6.45) is 9.16. The summed E-state index contributed by atoms with van der Waals surface area (Å²) >= 11 is 3.73. The van der Waals surface area contributed by atoms with Crippen LogP contribution < -0.4 is 5.32 Å². The Morgan fingerprint density at radius 1 is 0.977 bits per heavy atom. The molecule has 44 heavy (non-hydrogen) atoms. The lowest BCUT2D eigenvalue weighted by Crippen LogP contribution is -2.62. The Bertz CT molecular complexity index is 1630. The fourth-order valence-electron chi connectivity index (χ4n) is 11.3. The van der Waals surface area contributed by atoms with Crippen LogP contribution in [0.1, 0.15) is 121 Å². The van der Waals surface area contributed by atoms with E-state index < -0.39 is 11.4 Å². The molecule has 0 amide bonds. The number of benzene rings is 2. The van der Waals surface area contributed by atoms with Crippen LogP contribution in [0.5, 0.6) is 11.5 Å². The molecule has 0 saturated heterocycles. The molecule has 4 aliphatic carbocycles. The Morgan fingerprint density at radius 2 is 1.68 bits per heavy atom. The molecule has 3 saturated carbocycles. The normalized spacial score (nSPS) is 42.1. The third-order valence-corrected chi connectivity index (χ3v) is 14.8. The number of carboxylic acids is 1. The Balaban J connectivity index is 1.45. The van der Waals surface area contributed by atoms with Gasteiger partial charge in [0.2, 0.25) is 0 Å². The average molecular weight is 663 g/mol. The molecule has 4 N–H and O–H groups in total. The summed E-state index contributed by atoms with van der Waals surface area (Å²) in [6.45, 7) is 16.0. The number of phenolic OH excluding ortho intramolecular Hbond substituents is 2. The number of carboxylic acid groups (broad SMARTS) is 1. The minimum Gasteiger partial charge on any atom is -0.504 e. The quantitative estimate of drug-likeness (QED) is 0.190. The van der Waals surface area contributed by atoms with E-state index in [0.29, 0.717) is 5.92 Å². The van der Waals surface area contributed by atoms with Crippen molar-refractivity contribution < 1.29 is 20.1 Å². The molecular weight excluding hydrogens is 614 g/mol. The molecular formula is C38H48BrNO4. The van der Waals surface area contributed by atoms with Crippen molar-refractivity contribution in [2.45, 2.75) is 117 Å². The number of halogens is 1. The molecule has 1 heterocycles. The monoisotopic (exact) mass is 661 g/mol. The van der Waals surface area contributed by atoms with E-state index in [4.69, 9.17) is 0 Å². The van der Waals surface area contributed by atoms with Crippen molar-refractivity contribution in [2.75, 3.05) is 5.32 Å². The zero-order valence-corrected chi connectivity index (χ0v) is 28.9. The lowest BCUT2D eigenvalue weighted by atomic mass is 9.34. The first-order chi connectivity index (χ1) is 20.5. The number of hydrogen-bond donors (Lipinski definition) is 4. The van der Waals surface area contributed by atoms with E-state index in [0.717, 1.165) is 71.8 Å². The van der Waals surface area contributed by atoms with Gasteiger partial charge in [0.05, 0.1) is 5.41 Å². The highest BCUT2D eigenvalue weighted by Crippen LogP contribution is 2.75. The fourth-order valence-corrected chi connectivity index (χ4v) is 11.7. The van der Waals surface area contributed by atoms with Crippen molar-refractivity contribution in [2.24, 2.45) is 27.6 Å². The highest BCUT2D eigenvalue weighted by Gasteiger charge is 2.67. The van der Waals surface area contributed by atoms with Crippen molar-refractivity contribution in [1.29, 1.82) is 0 Å². The van der Waals surface area contributed by atoms with E-state index >= 15 is 0 Å². The number of allylic oxidation sites excluding steroid dienone is 2. The van der Waals surface area contributed by atoms with E-state index in [-0.39, 0.29) is 51.0 Å². The standard InChI is InChI=1S/C38H48BrNO4/c1-20-30-24(31-21(2)40-26-9-8-22(39)16-23(26)31)17-28-36(5,25(30)18-27(41)32(20)42)13-15-38(7)29-19-35(4,33(43)44)11-10-34(29,3)12-14-37(28,38)6/h8-9,16-18,21,24,29,31,40-42H,10-15,19H2,1-7H3,(H,43,44)/t21?,24?,29-,31?,34-,35-,36+,37-,38+/m1/s1. The van der Waals surface area contributed by atoms with Gasteiger partial charge in [-0.05, 0) is 134 Å². The van der Waals surface area contributed by atoms with Gasteiger partial charge in [-0.3, -0.25) is 4.79 Å².